The number of aliphatic hydroxyl groups is 1. The van der Waals surface area contributed by atoms with Crippen molar-refractivity contribution < 1.29 is 29.0 Å². The smallest absolute Gasteiger partial charge is 0.414 e. The fourth-order valence-corrected chi connectivity index (χ4v) is 9.88. The predicted molar refractivity (Wildman–Crippen MR) is 267 cm³/mol. The molecule has 4 amide bonds. The third-order valence-corrected chi connectivity index (χ3v) is 13.5. The van der Waals surface area contributed by atoms with Crippen molar-refractivity contribution in [3.8, 4) is 0 Å². The third-order valence-electron chi connectivity index (χ3n) is 13.2. The van der Waals surface area contributed by atoms with Crippen LogP contribution in [-0.2, 0) is 27.4 Å². The number of amides is 4. The van der Waals surface area contributed by atoms with Gasteiger partial charge in [-0.2, -0.15) is 0 Å². The number of likely N-dealkylation sites (tertiary alicyclic amines) is 2. The molecule has 2 saturated heterocycles. The maximum Gasteiger partial charge on any atom is 0.414 e. The van der Waals surface area contributed by atoms with Crippen LogP contribution in [-0.4, -0.2) is 113 Å². The quantitative estimate of drug-likeness (QED) is 0.124. The molecule has 12 nitrogen and oxygen atoms in total. The van der Waals surface area contributed by atoms with Crippen LogP contribution < -0.4 is 10.6 Å². The molecule has 2 fully saturated rings. The molecule has 4 heterocycles. The van der Waals surface area contributed by atoms with Gasteiger partial charge in [0.05, 0.1) is 11.1 Å². The average Bonchev–Trinajstić information content (AvgIpc) is 3.66. The molecule has 8 rings (SSSR count). The molecule has 356 valence electrons. The normalized spacial score (nSPS) is 17.6. The Morgan fingerprint density at radius 3 is 1.36 bits per heavy atom. The average molecular weight is 932 g/mol. The Labute approximate surface area is 401 Å². The minimum absolute atomic E-state index is 0.149. The minimum atomic E-state index is -0.672. The first kappa shape index (κ1) is 50.5. The summed E-state index contributed by atoms with van der Waals surface area (Å²) in [5.41, 5.74) is 10.4. The van der Waals surface area contributed by atoms with Crippen molar-refractivity contribution in [3.05, 3.63) is 152 Å². The number of nitrogens with one attached hydrogen (secondary N) is 2. The Bertz CT molecular complexity index is 2490. The molecule has 0 bridgehead atoms. The zero-order valence-electron chi connectivity index (χ0n) is 40.8. The molecule has 3 N–H and O–H groups in total. The van der Waals surface area contributed by atoms with Gasteiger partial charge in [0.2, 0.25) is 0 Å². The fraction of sp³-hybridized carbons (Fsp3) is 0.407. The maximum absolute atomic E-state index is 13.4. The second-order valence-corrected chi connectivity index (χ2v) is 19.3. The number of aliphatic hydroxyl groups excluding tert-OH is 1. The molecule has 0 unspecified atom stereocenters. The number of carbonyl (C=O) groups excluding carboxylic acids is 4. The lowest BCUT2D eigenvalue weighted by Crippen LogP contribution is -2.53. The molecule has 0 radical (unpaired) electrons. The summed E-state index contributed by atoms with van der Waals surface area (Å²) in [5.74, 6) is 0.389. The van der Waals surface area contributed by atoms with E-state index in [9.17, 15) is 24.3 Å². The molecule has 4 aliphatic heterocycles. The van der Waals surface area contributed by atoms with Crippen molar-refractivity contribution in [1.82, 2.24) is 30.2 Å². The lowest BCUT2D eigenvalue weighted by Gasteiger charge is -2.40. The molecule has 4 aromatic carbocycles. The lowest BCUT2D eigenvalue weighted by molar-refractivity contribution is -0.117. The van der Waals surface area contributed by atoms with Crippen molar-refractivity contribution >= 4 is 46.0 Å². The Morgan fingerprint density at radius 2 is 0.970 bits per heavy atom. The molecule has 0 aromatic heterocycles. The summed E-state index contributed by atoms with van der Waals surface area (Å²) < 4.78 is 5.96. The van der Waals surface area contributed by atoms with E-state index in [2.05, 4.69) is 100 Å². The van der Waals surface area contributed by atoms with Gasteiger partial charge in [-0.15, -0.1) is 0 Å². The lowest BCUT2D eigenvalue weighted by atomic mass is 9.84. The number of hydrogen-bond acceptors (Lipinski definition) is 8. The van der Waals surface area contributed by atoms with Crippen LogP contribution in [0.4, 0.5) is 9.59 Å². The first-order valence-corrected chi connectivity index (χ1v) is 23.4. The summed E-state index contributed by atoms with van der Waals surface area (Å²) in [6.07, 6.45) is 2.37. The summed E-state index contributed by atoms with van der Waals surface area (Å²) in [6.45, 7) is 17.2. The fourth-order valence-electron chi connectivity index (χ4n) is 9.88. The van der Waals surface area contributed by atoms with Gasteiger partial charge in [-0.05, 0) is 123 Å². The van der Waals surface area contributed by atoms with E-state index in [1.807, 2.05) is 46.8 Å². The predicted octanol–water partition coefficient (Wildman–Crippen LogP) is 9.14. The number of nitrogens with zero attached hydrogens (tertiary/aromatic N) is 4. The minimum Gasteiger partial charge on any atom is -0.509 e. The Hall–Kier alpha value is -5.95. The van der Waals surface area contributed by atoms with Crippen molar-refractivity contribution in [2.75, 3.05) is 54.4 Å². The SMILES string of the molecule is CN(C)C(=O)Cl.Cc1cc(C)c(C2=C(O)C3(CCN(Cc4ccccc4)CC3)NC2=O)c(C)c1.Cc1cc(C)c(C2=C(OC(=O)N(C)C)C3(CCN(Cc4ccccc4)CC3)NC2=O)c(C)c1. The highest BCUT2D eigenvalue weighted by Gasteiger charge is 2.51. The molecule has 4 aliphatic rings. The molecular weight excluding hydrogens is 864 g/mol. The Kier molecular flexibility index (Phi) is 16.1. The highest BCUT2D eigenvalue weighted by atomic mass is 35.5. The van der Waals surface area contributed by atoms with Gasteiger partial charge in [0.25, 0.3) is 11.8 Å². The largest absolute Gasteiger partial charge is 0.509 e. The van der Waals surface area contributed by atoms with Crippen LogP contribution in [0.5, 0.6) is 0 Å². The molecule has 13 heteroatoms. The molecule has 2 spiro atoms. The summed E-state index contributed by atoms with van der Waals surface area (Å²) in [6, 6.07) is 29.1. The summed E-state index contributed by atoms with van der Waals surface area (Å²) in [5, 5.41) is 17.1. The number of ether oxygens (including phenoxy) is 1. The van der Waals surface area contributed by atoms with Crippen molar-refractivity contribution in [3.63, 3.8) is 0 Å². The van der Waals surface area contributed by atoms with Gasteiger partial charge in [0, 0.05) is 67.5 Å². The van der Waals surface area contributed by atoms with E-state index in [-0.39, 0.29) is 17.6 Å². The summed E-state index contributed by atoms with van der Waals surface area (Å²) in [7, 11) is 6.50. The van der Waals surface area contributed by atoms with Gasteiger partial charge in [0.15, 0.2) is 0 Å². The van der Waals surface area contributed by atoms with Gasteiger partial charge >= 0.3 is 11.5 Å². The van der Waals surface area contributed by atoms with E-state index in [4.69, 9.17) is 16.3 Å². The van der Waals surface area contributed by atoms with Crippen molar-refractivity contribution in [2.24, 2.45) is 0 Å². The Balaban J connectivity index is 0.000000199. The number of halogens is 1. The number of benzene rings is 4. The van der Waals surface area contributed by atoms with Crippen LogP contribution in [0.3, 0.4) is 0 Å². The molecule has 0 saturated carbocycles. The standard InChI is InChI=1S/C27H33N3O3.C24H28N2O2.C3H6ClNO/c1-18-15-19(2)22(20(3)16-18)23-24(33-26(32)29(4)5)27(28-25(23)31)11-13-30(14-12-27)17-21-9-7-6-8-10-21;1-16-13-17(2)20(18(3)14-16)21-22(27)24(25-23(21)28)9-11-26(12-10-24)15-19-7-5-4-6-8-19;1-5(2)3(4)6/h6-10,15-16H,11-14,17H2,1-5H3,(H,28,31);4-8,13-14,27H,9-12,15H2,1-3H3,(H,25,28);1-2H3. The first-order valence-electron chi connectivity index (χ1n) is 23.0. The molecule has 0 aliphatic carbocycles. The van der Waals surface area contributed by atoms with Gasteiger partial charge in [-0.1, -0.05) is 96.1 Å². The summed E-state index contributed by atoms with van der Waals surface area (Å²) in [4.78, 5) is 56.2. The van der Waals surface area contributed by atoms with Crippen molar-refractivity contribution in [1.29, 1.82) is 0 Å². The second-order valence-electron chi connectivity index (χ2n) is 19.0. The molecule has 67 heavy (non-hydrogen) atoms. The number of piperidine rings is 2. The van der Waals surface area contributed by atoms with E-state index >= 15 is 0 Å². The monoisotopic (exact) mass is 930 g/mol. The zero-order chi connectivity index (χ0) is 48.8. The van der Waals surface area contributed by atoms with Crippen LogP contribution in [0.1, 0.15) is 81.3 Å². The van der Waals surface area contributed by atoms with E-state index in [0.29, 0.717) is 29.7 Å². The van der Waals surface area contributed by atoms with Gasteiger partial charge in [-0.3, -0.25) is 24.2 Å². The van der Waals surface area contributed by atoms with E-state index in [1.165, 1.54) is 26.5 Å². The number of hydrogen-bond donors (Lipinski definition) is 3. The highest BCUT2D eigenvalue weighted by Crippen LogP contribution is 2.44. The molecule has 0 atom stereocenters. The van der Waals surface area contributed by atoms with Crippen LogP contribution in [0.2, 0.25) is 0 Å². The van der Waals surface area contributed by atoms with Gasteiger partial charge < -0.3 is 30.3 Å². The van der Waals surface area contributed by atoms with Crippen LogP contribution in [0, 0.1) is 41.5 Å². The second kappa shape index (κ2) is 21.3. The molecular formula is C54H67ClN6O6. The third kappa shape index (κ3) is 11.6. The van der Waals surface area contributed by atoms with Crippen LogP contribution in [0.25, 0.3) is 11.1 Å². The van der Waals surface area contributed by atoms with E-state index < -0.39 is 22.5 Å². The maximum atomic E-state index is 13.4. The van der Waals surface area contributed by atoms with E-state index in [0.717, 1.165) is 91.1 Å². The highest BCUT2D eigenvalue weighted by molar-refractivity contribution is 6.62. The van der Waals surface area contributed by atoms with Gasteiger partial charge in [0.1, 0.15) is 22.6 Å². The van der Waals surface area contributed by atoms with Crippen molar-refractivity contribution in [2.45, 2.75) is 91.4 Å². The van der Waals surface area contributed by atoms with Crippen LogP contribution >= 0.6 is 11.6 Å². The van der Waals surface area contributed by atoms with Gasteiger partial charge in [-0.25, -0.2) is 4.79 Å². The van der Waals surface area contributed by atoms with Crippen LogP contribution in [0.15, 0.2) is 96.4 Å². The Morgan fingerprint density at radius 1 is 0.612 bits per heavy atom. The molecule has 4 aromatic rings. The topological polar surface area (TPSA) is 135 Å². The first-order chi connectivity index (χ1) is 31.7. The number of carbonyl (C=O) groups is 4. The number of rotatable bonds is 7. The number of aryl methyl sites for hydroxylation is 6. The zero-order valence-corrected chi connectivity index (χ0v) is 41.6. The summed E-state index contributed by atoms with van der Waals surface area (Å²) >= 11 is 4.90. The van der Waals surface area contributed by atoms with E-state index in [1.54, 1.807) is 28.2 Å².